The maximum absolute atomic E-state index is 13.0. The number of nitrogens with zero attached hydrogens (tertiary/aromatic N) is 2. The molecular weight excluding hydrogens is 364 g/mol. The van der Waals surface area contributed by atoms with Crippen LogP contribution in [-0.4, -0.2) is 23.5 Å². The first-order valence-electron chi connectivity index (χ1n) is 7.62. The number of rotatable bonds is 5. The van der Waals surface area contributed by atoms with Gasteiger partial charge in [0.25, 0.3) is 15.9 Å². The molecule has 0 aliphatic heterocycles. The van der Waals surface area contributed by atoms with E-state index in [0.717, 1.165) is 0 Å². The van der Waals surface area contributed by atoms with Crippen LogP contribution in [0.1, 0.15) is 24.1 Å². The van der Waals surface area contributed by atoms with Crippen molar-refractivity contribution in [2.24, 2.45) is 0 Å². The van der Waals surface area contributed by atoms with Gasteiger partial charge >= 0.3 is 0 Å². The van der Waals surface area contributed by atoms with Crippen molar-refractivity contribution < 1.29 is 12.9 Å². The first-order chi connectivity index (χ1) is 11.8. The Bertz CT molecular complexity index is 1020. The number of aryl methyl sites for hydroxylation is 3. The molecule has 0 unspecified atom stereocenters. The number of halogens is 1. The molecule has 2 aromatic heterocycles. The molecule has 25 heavy (non-hydrogen) atoms. The van der Waals surface area contributed by atoms with E-state index in [0.29, 0.717) is 39.9 Å². The fourth-order valence-corrected chi connectivity index (χ4v) is 4.30. The summed E-state index contributed by atoms with van der Waals surface area (Å²) in [5.74, 6) is 0.685. The minimum Gasteiger partial charge on any atom is -0.361 e. The highest BCUT2D eigenvalue weighted by Crippen LogP contribution is 2.33. The van der Waals surface area contributed by atoms with Crippen LogP contribution >= 0.6 is 11.6 Å². The first-order valence-corrected chi connectivity index (χ1v) is 9.48. The summed E-state index contributed by atoms with van der Waals surface area (Å²) in [7, 11) is -3.88. The second kappa shape index (κ2) is 6.53. The summed E-state index contributed by atoms with van der Waals surface area (Å²) in [5.41, 5.74) is 1.87. The van der Waals surface area contributed by atoms with E-state index in [1.807, 2.05) is 6.92 Å². The van der Waals surface area contributed by atoms with Gasteiger partial charge in [-0.3, -0.25) is 4.72 Å². The number of nitrogens with one attached hydrogen (secondary N) is 2. The number of hydrogen-bond acceptors (Lipinski definition) is 5. The Morgan fingerprint density at radius 3 is 2.68 bits per heavy atom. The highest BCUT2D eigenvalue weighted by atomic mass is 35.5. The molecule has 3 aromatic rings. The summed E-state index contributed by atoms with van der Waals surface area (Å²) in [6.45, 7) is 5.33. The largest absolute Gasteiger partial charge is 0.361 e. The van der Waals surface area contributed by atoms with Gasteiger partial charge in [-0.25, -0.2) is 8.42 Å². The molecule has 3 rings (SSSR count). The number of benzene rings is 1. The smallest absolute Gasteiger partial charge is 0.264 e. The lowest BCUT2D eigenvalue weighted by Gasteiger charge is -2.09. The molecule has 0 spiro atoms. The van der Waals surface area contributed by atoms with Gasteiger partial charge in [0, 0.05) is 22.8 Å². The van der Waals surface area contributed by atoms with Gasteiger partial charge < -0.3 is 9.51 Å². The quantitative estimate of drug-likeness (QED) is 0.702. The van der Waals surface area contributed by atoms with Gasteiger partial charge in [0.2, 0.25) is 0 Å². The molecule has 0 amide bonds. The third-order valence-electron chi connectivity index (χ3n) is 3.66. The number of sulfonamides is 1. The topological polar surface area (TPSA) is 101 Å². The van der Waals surface area contributed by atoms with Crippen LogP contribution in [0, 0.1) is 13.8 Å². The van der Waals surface area contributed by atoms with E-state index in [2.05, 4.69) is 19.8 Å². The maximum Gasteiger partial charge on any atom is 0.264 e. The van der Waals surface area contributed by atoms with Crippen molar-refractivity contribution in [2.45, 2.75) is 32.1 Å². The summed E-state index contributed by atoms with van der Waals surface area (Å²) in [5, 5.41) is 4.28. The molecule has 0 saturated carbocycles. The first kappa shape index (κ1) is 17.5. The van der Waals surface area contributed by atoms with E-state index in [1.54, 1.807) is 32.0 Å². The molecular formula is C16H17ClN4O3S. The molecule has 0 aliphatic rings. The van der Waals surface area contributed by atoms with Crippen LogP contribution in [0.2, 0.25) is 5.02 Å². The molecule has 0 atom stereocenters. The maximum atomic E-state index is 13.0. The zero-order valence-corrected chi connectivity index (χ0v) is 15.5. The minimum absolute atomic E-state index is 0.0799. The van der Waals surface area contributed by atoms with E-state index in [1.165, 1.54) is 6.07 Å². The Labute approximate surface area is 150 Å². The number of aromatic amines is 1. The molecule has 0 aliphatic carbocycles. The van der Waals surface area contributed by atoms with E-state index in [9.17, 15) is 8.42 Å². The van der Waals surface area contributed by atoms with Crippen molar-refractivity contribution in [3.8, 4) is 11.5 Å². The fraction of sp³-hybridized carbons (Fsp3) is 0.250. The number of aromatic nitrogens is 3. The lowest BCUT2D eigenvalue weighted by atomic mass is 10.2. The van der Waals surface area contributed by atoms with Crippen molar-refractivity contribution in [1.29, 1.82) is 0 Å². The summed E-state index contributed by atoms with van der Waals surface area (Å²) < 4.78 is 33.7. The van der Waals surface area contributed by atoms with Gasteiger partial charge in [-0.15, -0.1) is 0 Å². The third-order valence-corrected chi connectivity index (χ3v) is 5.45. The number of anilines is 1. The molecule has 0 bridgehead atoms. The summed E-state index contributed by atoms with van der Waals surface area (Å²) >= 11 is 5.93. The SMILES string of the molecule is CCc1noc(-c2c(C)[nH]c(C)c2S(=O)(=O)Nc2cccc(Cl)c2)n1. The average molecular weight is 381 g/mol. The fourth-order valence-electron chi connectivity index (χ4n) is 2.61. The molecule has 0 saturated heterocycles. The van der Waals surface area contributed by atoms with Crippen LogP contribution in [0.5, 0.6) is 0 Å². The zero-order valence-electron chi connectivity index (χ0n) is 13.9. The molecule has 0 radical (unpaired) electrons. The van der Waals surface area contributed by atoms with Crippen molar-refractivity contribution >= 4 is 27.3 Å². The normalized spacial score (nSPS) is 11.7. The highest BCUT2D eigenvalue weighted by molar-refractivity contribution is 7.93. The van der Waals surface area contributed by atoms with Gasteiger partial charge in [0.05, 0.1) is 11.3 Å². The van der Waals surface area contributed by atoms with Gasteiger partial charge in [-0.2, -0.15) is 4.98 Å². The Balaban J connectivity index is 2.10. The van der Waals surface area contributed by atoms with E-state index >= 15 is 0 Å². The van der Waals surface area contributed by atoms with Crippen LogP contribution in [0.4, 0.5) is 5.69 Å². The zero-order chi connectivity index (χ0) is 18.2. The monoisotopic (exact) mass is 380 g/mol. The van der Waals surface area contributed by atoms with Gasteiger partial charge in [-0.05, 0) is 32.0 Å². The lowest BCUT2D eigenvalue weighted by molar-refractivity contribution is 0.422. The Morgan fingerprint density at radius 1 is 1.28 bits per heavy atom. The second-order valence-corrected chi connectivity index (χ2v) is 7.62. The molecule has 132 valence electrons. The van der Waals surface area contributed by atoms with Gasteiger partial charge in [0.15, 0.2) is 5.82 Å². The lowest BCUT2D eigenvalue weighted by Crippen LogP contribution is -2.14. The Hall–Kier alpha value is -2.32. The molecule has 2 heterocycles. The van der Waals surface area contributed by atoms with Crippen molar-refractivity contribution in [2.75, 3.05) is 4.72 Å². The highest BCUT2D eigenvalue weighted by Gasteiger charge is 2.29. The Kier molecular flexibility index (Phi) is 4.57. The molecule has 2 N–H and O–H groups in total. The Morgan fingerprint density at radius 2 is 2.04 bits per heavy atom. The average Bonchev–Trinajstić information content (AvgIpc) is 3.10. The van der Waals surface area contributed by atoms with E-state index in [-0.39, 0.29) is 10.8 Å². The van der Waals surface area contributed by atoms with Crippen LogP contribution < -0.4 is 4.72 Å². The van der Waals surface area contributed by atoms with E-state index in [4.69, 9.17) is 16.1 Å². The molecule has 9 heteroatoms. The van der Waals surface area contributed by atoms with Crippen LogP contribution in [0.3, 0.4) is 0 Å². The van der Waals surface area contributed by atoms with E-state index < -0.39 is 10.0 Å². The van der Waals surface area contributed by atoms with Crippen LogP contribution in [0.25, 0.3) is 11.5 Å². The van der Waals surface area contributed by atoms with Crippen molar-refractivity contribution in [1.82, 2.24) is 15.1 Å². The van der Waals surface area contributed by atoms with Gasteiger partial charge in [0.1, 0.15) is 4.90 Å². The standard InChI is InChI=1S/C16H17ClN4O3S/c1-4-13-19-16(24-20-13)14-9(2)18-10(3)15(14)25(22,23)21-12-7-5-6-11(17)8-12/h5-8,18,21H,4H2,1-3H3. The molecule has 1 aromatic carbocycles. The van der Waals surface area contributed by atoms with Crippen LogP contribution in [0.15, 0.2) is 33.7 Å². The van der Waals surface area contributed by atoms with Crippen molar-refractivity contribution in [3.63, 3.8) is 0 Å². The predicted octanol–water partition coefficient (Wildman–Crippen LogP) is 3.70. The number of hydrogen-bond donors (Lipinski definition) is 2. The third kappa shape index (κ3) is 3.40. The van der Waals surface area contributed by atoms with Crippen LogP contribution in [-0.2, 0) is 16.4 Å². The predicted molar refractivity (Wildman–Crippen MR) is 95.2 cm³/mol. The summed E-state index contributed by atoms with van der Waals surface area (Å²) in [6, 6.07) is 6.50. The summed E-state index contributed by atoms with van der Waals surface area (Å²) in [4.78, 5) is 7.37. The van der Waals surface area contributed by atoms with Crippen molar-refractivity contribution in [3.05, 3.63) is 46.5 Å². The number of H-pyrrole nitrogens is 1. The summed E-state index contributed by atoms with van der Waals surface area (Å²) in [6.07, 6.45) is 0.592. The molecule has 0 fully saturated rings. The minimum atomic E-state index is -3.88. The second-order valence-electron chi connectivity index (χ2n) is 5.56. The molecule has 7 nitrogen and oxygen atoms in total. The van der Waals surface area contributed by atoms with Gasteiger partial charge in [-0.1, -0.05) is 29.7 Å².